The van der Waals surface area contributed by atoms with Crippen LogP contribution in [0.1, 0.15) is 44.1 Å². The van der Waals surface area contributed by atoms with Gasteiger partial charge in [0.05, 0.1) is 5.02 Å². The quantitative estimate of drug-likeness (QED) is 0.740. The molecule has 0 unspecified atom stereocenters. The number of benzene rings is 1. The molecule has 16 heavy (non-hydrogen) atoms. The molecule has 0 radical (unpaired) electrons. The van der Waals surface area contributed by atoms with Gasteiger partial charge in [-0.15, -0.1) is 0 Å². The lowest BCUT2D eigenvalue weighted by molar-refractivity contribution is 0.385. The summed E-state index contributed by atoms with van der Waals surface area (Å²) in [5.41, 5.74) is 7.08. The lowest BCUT2D eigenvalue weighted by Crippen LogP contribution is -2.36. The minimum atomic E-state index is -0.373. The molecule has 2 N–H and O–H groups in total. The molecule has 0 aliphatic heterocycles. The topological polar surface area (TPSA) is 26.0 Å². The zero-order valence-corrected chi connectivity index (χ0v) is 10.1. The van der Waals surface area contributed by atoms with Gasteiger partial charge in [-0.05, 0) is 30.5 Å². The third kappa shape index (κ3) is 2.38. The van der Waals surface area contributed by atoms with E-state index in [1.165, 1.54) is 18.9 Å². The summed E-state index contributed by atoms with van der Waals surface area (Å²) < 4.78 is 13.1. The zero-order chi connectivity index (χ0) is 11.6. The van der Waals surface area contributed by atoms with Crippen molar-refractivity contribution in [1.82, 2.24) is 0 Å². The number of rotatable bonds is 1. The van der Waals surface area contributed by atoms with Crippen molar-refractivity contribution in [3.05, 3.63) is 34.6 Å². The van der Waals surface area contributed by atoms with Crippen LogP contribution < -0.4 is 5.73 Å². The molecule has 1 saturated carbocycles. The van der Waals surface area contributed by atoms with E-state index < -0.39 is 0 Å². The lowest BCUT2D eigenvalue weighted by atomic mass is 9.84. The Hall–Kier alpha value is -0.600. The van der Waals surface area contributed by atoms with Gasteiger partial charge in [-0.25, -0.2) is 4.39 Å². The number of hydrogen-bond acceptors (Lipinski definition) is 1. The molecule has 1 aromatic rings. The van der Waals surface area contributed by atoms with Gasteiger partial charge in [0.2, 0.25) is 0 Å². The Morgan fingerprint density at radius 3 is 2.31 bits per heavy atom. The molecule has 1 fully saturated rings. The van der Waals surface area contributed by atoms with Crippen molar-refractivity contribution in [3.8, 4) is 0 Å². The van der Waals surface area contributed by atoms with E-state index in [4.69, 9.17) is 17.3 Å². The molecule has 0 bridgehead atoms. The molecular formula is C13H17ClFN. The van der Waals surface area contributed by atoms with Crippen LogP contribution in [0, 0.1) is 5.82 Å². The fourth-order valence-electron chi connectivity index (χ4n) is 2.45. The molecule has 3 heteroatoms. The van der Waals surface area contributed by atoms with E-state index in [0.29, 0.717) is 0 Å². The fraction of sp³-hybridized carbons (Fsp3) is 0.538. The van der Waals surface area contributed by atoms with Crippen LogP contribution in [0.4, 0.5) is 4.39 Å². The molecule has 2 rings (SSSR count). The van der Waals surface area contributed by atoms with Crippen LogP contribution >= 0.6 is 11.6 Å². The van der Waals surface area contributed by atoms with Crippen LogP contribution in [0.2, 0.25) is 5.02 Å². The largest absolute Gasteiger partial charge is 0.321 e. The number of halogens is 2. The van der Waals surface area contributed by atoms with Gasteiger partial charge in [0.25, 0.3) is 0 Å². The highest BCUT2D eigenvalue weighted by Gasteiger charge is 2.28. The van der Waals surface area contributed by atoms with E-state index in [2.05, 4.69) is 0 Å². The molecule has 0 aromatic heterocycles. The normalized spacial score (nSPS) is 20.4. The number of nitrogens with two attached hydrogens (primary N) is 1. The molecule has 0 atom stereocenters. The average molecular weight is 242 g/mol. The Kier molecular flexibility index (Phi) is 3.50. The van der Waals surface area contributed by atoms with Crippen LogP contribution in [0.25, 0.3) is 0 Å². The third-order valence-corrected chi connectivity index (χ3v) is 3.78. The molecule has 1 nitrogen and oxygen atoms in total. The van der Waals surface area contributed by atoms with E-state index in [-0.39, 0.29) is 16.4 Å². The summed E-state index contributed by atoms with van der Waals surface area (Å²) in [5.74, 6) is -0.373. The minimum absolute atomic E-state index is 0.173. The second kappa shape index (κ2) is 4.72. The highest BCUT2D eigenvalue weighted by Crippen LogP contribution is 2.35. The molecule has 1 aliphatic carbocycles. The van der Waals surface area contributed by atoms with Crippen molar-refractivity contribution in [2.24, 2.45) is 5.73 Å². The van der Waals surface area contributed by atoms with Crippen molar-refractivity contribution in [2.45, 2.75) is 44.1 Å². The summed E-state index contributed by atoms with van der Waals surface area (Å²) in [4.78, 5) is 0. The van der Waals surface area contributed by atoms with Crippen molar-refractivity contribution < 1.29 is 4.39 Å². The van der Waals surface area contributed by atoms with Gasteiger partial charge in [0.15, 0.2) is 0 Å². The predicted octanol–water partition coefficient (Wildman–Crippen LogP) is 3.99. The Bertz CT molecular complexity index is 370. The molecule has 0 heterocycles. The maximum atomic E-state index is 13.1. The first kappa shape index (κ1) is 11.9. The van der Waals surface area contributed by atoms with Crippen LogP contribution in [-0.2, 0) is 5.54 Å². The molecule has 0 amide bonds. The first-order valence-electron chi connectivity index (χ1n) is 5.86. The monoisotopic (exact) mass is 241 g/mol. The van der Waals surface area contributed by atoms with Crippen molar-refractivity contribution in [1.29, 1.82) is 0 Å². The second-order valence-corrected chi connectivity index (χ2v) is 5.11. The summed E-state index contributed by atoms with van der Waals surface area (Å²) in [7, 11) is 0. The van der Waals surface area contributed by atoms with E-state index in [0.717, 1.165) is 31.2 Å². The summed E-state index contributed by atoms with van der Waals surface area (Å²) in [6, 6.07) is 4.87. The molecule has 1 aliphatic rings. The van der Waals surface area contributed by atoms with Crippen LogP contribution in [0.3, 0.4) is 0 Å². The van der Waals surface area contributed by atoms with Gasteiger partial charge in [0.1, 0.15) is 5.82 Å². The molecule has 1 aromatic carbocycles. The van der Waals surface area contributed by atoms with Crippen LogP contribution in [-0.4, -0.2) is 0 Å². The van der Waals surface area contributed by atoms with Crippen molar-refractivity contribution in [3.63, 3.8) is 0 Å². The average Bonchev–Trinajstić information content (AvgIpc) is 2.48. The Morgan fingerprint density at radius 1 is 1.12 bits per heavy atom. The highest BCUT2D eigenvalue weighted by atomic mass is 35.5. The first-order valence-corrected chi connectivity index (χ1v) is 6.24. The fourth-order valence-corrected chi connectivity index (χ4v) is 2.63. The Labute approximate surface area is 101 Å². The number of hydrogen-bond donors (Lipinski definition) is 1. The molecule has 88 valence electrons. The maximum absolute atomic E-state index is 13.1. The maximum Gasteiger partial charge on any atom is 0.141 e. The van der Waals surface area contributed by atoms with Gasteiger partial charge in [-0.1, -0.05) is 43.4 Å². The van der Waals surface area contributed by atoms with Gasteiger partial charge < -0.3 is 5.73 Å². The van der Waals surface area contributed by atoms with Crippen LogP contribution in [0.15, 0.2) is 18.2 Å². The lowest BCUT2D eigenvalue weighted by Gasteiger charge is -2.28. The van der Waals surface area contributed by atoms with Crippen molar-refractivity contribution in [2.75, 3.05) is 0 Å². The van der Waals surface area contributed by atoms with Gasteiger partial charge in [-0.2, -0.15) is 0 Å². The minimum Gasteiger partial charge on any atom is -0.321 e. The Balaban J connectivity index is 2.29. The molecule has 0 saturated heterocycles. The van der Waals surface area contributed by atoms with E-state index in [1.807, 2.05) is 0 Å². The zero-order valence-electron chi connectivity index (χ0n) is 9.31. The van der Waals surface area contributed by atoms with Gasteiger partial charge >= 0.3 is 0 Å². The van der Waals surface area contributed by atoms with Gasteiger partial charge in [-0.3, -0.25) is 0 Å². The molecule has 0 spiro atoms. The summed E-state index contributed by atoms with van der Waals surface area (Å²) >= 11 is 5.81. The van der Waals surface area contributed by atoms with Gasteiger partial charge in [0, 0.05) is 5.54 Å². The second-order valence-electron chi connectivity index (χ2n) is 4.70. The standard InChI is InChI=1S/C13H17ClFN/c14-11-9-10(5-6-12(11)15)13(16)7-3-1-2-4-8-13/h5-6,9H,1-4,7-8,16H2. The van der Waals surface area contributed by atoms with Crippen LogP contribution in [0.5, 0.6) is 0 Å². The summed E-state index contributed by atoms with van der Waals surface area (Å²) in [6.45, 7) is 0. The summed E-state index contributed by atoms with van der Waals surface area (Å²) in [5, 5.41) is 0.173. The van der Waals surface area contributed by atoms with Crippen molar-refractivity contribution >= 4 is 11.6 Å². The predicted molar refractivity (Wildman–Crippen MR) is 65.0 cm³/mol. The smallest absolute Gasteiger partial charge is 0.141 e. The van der Waals surface area contributed by atoms with E-state index in [1.54, 1.807) is 12.1 Å². The third-order valence-electron chi connectivity index (χ3n) is 3.49. The molecular weight excluding hydrogens is 225 g/mol. The van der Waals surface area contributed by atoms with E-state index in [9.17, 15) is 4.39 Å². The summed E-state index contributed by atoms with van der Waals surface area (Å²) in [6.07, 6.45) is 6.71. The van der Waals surface area contributed by atoms with E-state index >= 15 is 0 Å². The SMILES string of the molecule is NC1(c2ccc(F)c(Cl)c2)CCCCCC1. The highest BCUT2D eigenvalue weighted by molar-refractivity contribution is 6.30. The Morgan fingerprint density at radius 2 is 1.75 bits per heavy atom. The first-order chi connectivity index (χ1) is 7.62.